The second-order valence-corrected chi connectivity index (χ2v) is 5.02. The van der Waals surface area contributed by atoms with Crippen LogP contribution < -0.4 is 10.2 Å². The predicted octanol–water partition coefficient (Wildman–Crippen LogP) is 2.75. The largest absolute Gasteiger partial charge is 0.496 e. The molecule has 2 aromatic heterocycles. The molecule has 122 valence electrons. The molecule has 0 saturated heterocycles. The number of amides is 1. The molecule has 2 heterocycles. The number of carbonyl (C=O) groups is 1. The number of hydrogen-bond acceptors (Lipinski definition) is 5. The molecular weight excluding hydrogens is 308 g/mol. The number of methoxy groups -OCH3 is 1. The van der Waals surface area contributed by atoms with Crippen molar-refractivity contribution in [2.24, 2.45) is 5.10 Å². The number of H-pyrrole nitrogens is 1. The smallest absolute Gasteiger partial charge is 0.291 e. The average molecular weight is 324 g/mol. The van der Waals surface area contributed by atoms with Gasteiger partial charge in [-0.15, -0.1) is 0 Å². The zero-order valence-electron chi connectivity index (χ0n) is 13.2. The first kappa shape index (κ1) is 15.5. The molecule has 0 radical (unpaired) electrons. The number of carbonyl (C=O) groups excluding carboxylic acids is 1. The Morgan fingerprint density at radius 2 is 2.17 bits per heavy atom. The van der Waals surface area contributed by atoms with Gasteiger partial charge in [0.05, 0.1) is 13.3 Å². The van der Waals surface area contributed by atoms with E-state index >= 15 is 0 Å². The first-order chi connectivity index (χ1) is 11.7. The van der Waals surface area contributed by atoms with Gasteiger partial charge in [-0.05, 0) is 31.2 Å². The van der Waals surface area contributed by atoms with Crippen molar-refractivity contribution in [2.45, 2.75) is 6.92 Å². The van der Waals surface area contributed by atoms with Gasteiger partial charge in [0, 0.05) is 11.6 Å². The Hall–Kier alpha value is -3.35. The van der Waals surface area contributed by atoms with Gasteiger partial charge in [-0.25, -0.2) is 5.43 Å². The van der Waals surface area contributed by atoms with Gasteiger partial charge in [-0.3, -0.25) is 9.89 Å². The molecule has 0 spiro atoms. The lowest BCUT2D eigenvalue weighted by atomic mass is 10.2. The van der Waals surface area contributed by atoms with Gasteiger partial charge >= 0.3 is 0 Å². The van der Waals surface area contributed by atoms with Crippen LogP contribution in [0, 0.1) is 6.92 Å². The number of aromatic nitrogens is 2. The van der Waals surface area contributed by atoms with Crippen molar-refractivity contribution in [2.75, 3.05) is 7.11 Å². The Bertz CT molecular complexity index is 879. The maximum Gasteiger partial charge on any atom is 0.291 e. The van der Waals surface area contributed by atoms with E-state index in [0.717, 1.165) is 11.3 Å². The molecular formula is C17H16N4O3. The van der Waals surface area contributed by atoms with Crippen molar-refractivity contribution in [3.8, 4) is 17.2 Å². The summed E-state index contributed by atoms with van der Waals surface area (Å²) < 4.78 is 10.7. The number of rotatable bonds is 5. The van der Waals surface area contributed by atoms with Crippen molar-refractivity contribution in [1.29, 1.82) is 0 Å². The summed E-state index contributed by atoms with van der Waals surface area (Å²) in [5.41, 5.74) is 4.03. The topological polar surface area (TPSA) is 92.5 Å². The molecule has 0 unspecified atom stereocenters. The van der Waals surface area contributed by atoms with Gasteiger partial charge in [0.25, 0.3) is 5.91 Å². The fraction of sp³-hybridized carbons (Fsp3) is 0.118. The molecule has 1 aromatic carbocycles. The SMILES string of the molecule is COc1ccccc1/C=N/NC(=O)c1cc(-c2ccc(C)o2)[nH]n1. The Morgan fingerprint density at radius 3 is 2.92 bits per heavy atom. The van der Waals surface area contributed by atoms with Gasteiger partial charge in [0.2, 0.25) is 0 Å². The van der Waals surface area contributed by atoms with Crippen LogP contribution in [0.3, 0.4) is 0 Å². The highest BCUT2D eigenvalue weighted by Crippen LogP contribution is 2.20. The van der Waals surface area contributed by atoms with E-state index < -0.39 is 5.91 Å². The molecule has 3 rings (SSSR count). The molecule has 0 atom stereocenters. The number of benzene rings is 1. The normalized spacial score (nSPS) is 10.9. The first-order valence-electron chi connectivity index (χ1n) is 7.26. The highest BCUT2D eigenvalue weighted by Gasteiger charge is 2.12. The number of nitrogens with zero attached hydrogens (tertiary/aromatic N) is 2. The van der Waals surface area contributed by atoms with Crippen LogP contribution in [0.4, 0.5) is 0 Å². The van der Waals surface area contributed by atoms with Crippen LogP contribution in [0.2, 0.25) is 0 Å². The predicted molar refractivity (Wildman–Crippen MR) is 89.1 cm³/mol. The molecule has 0 aliphatic carbocycles. The number of aryl methyl sites for hydroxylation is 1. The molecule has 0 aliphatic rings. The van der Waals surface area contributed by atoms with Gasteiger partial charge in [-0.2, -0.15) is 10.2 Å². The van der Waals surface area contributed by atoms with Crippen LogP contribution >= 0.6 is 0 Å². The average Bonchev–Trinajstić information content (AvgIpc) is 3.24. The van der Waals surface area contributed by atoms with Gasteiger partial charge in [0.15, 0.2) is 11.5 Å². The van der Waals surface area contributed by atoms with Crippen LogP contribution in [0.15, 0.2) is 52.0 Å². The molecule has 0 saturated carbocycles. The van der Waals surface area contributed by atoms with Crippen LogP contribution in [-0.2, 0) is 0 Å². The van der Waals surface area contributed by atoms with Crippen LogP contribution in [0.5, 0.6) is 5.75 Å². The zero-order valence-corrected chi connectivity index (χ0v) is 13.2. The Morgan fingerprint density at radius 1 is 1.33 bits per heavy atom. The Labute approximate surface area is 138 Å². The molecule has 24 heavy (non-hydrogen) atoms. The lowest BCUT2D eigenvalue weighted by Gasteiger charge is -2.02. The van der Waals surface area contributed by atoms with Crippen molar-refractivity contribution in [3.05, 3.63) is 59.5 Å². The third kappa shape index (κ3) is 3.35. The summed E-state index contributed by atoms with van der Waals surface area (Å²) in [7, 11) is 1.58. The van der Waals surface area contributed by atoms with E-state index in [1.165, 1.54) is 6.21 Å². The fourth-order valence-corrected chi connectivity index (χ4v) is 2.13. The van der Waals surface area contributed by atoms with Gasteiger partial charge < -0.3 is 9.15 Å². The molecule has 7 heteroatoms. The number of aromatic amines is 1. The number of furan rings is 1. The minimum Gasteiger partial charge on any atom is -0.496 e. The van der Waals surface area contributed by atoms with Crippen molar-refractivity contribution < 1.29 is 13.9 Å². The van der Waals surface area contributed by atoms with Crippen LogP contribution in [-0.4, -0.2) is 29.4 Å². The number of hydrogen-bond donors (Lipinski definition) is 2. The molecule has 3 aromatic rings. The first-order valence-corrected chi connectivity index (χ1v) is 7.26. The summed E-state index contributed by atoms with van der Waals surface area (Å²) in [6.45, 7) is 1.85. The van der Waals surface area contributed by atoms with E-state index in [-0.39, 0.29) is 5.69 Å². The summed E-state index contributed by atoms with van der Waals surface area (Å²) in [6.07, 6.45) is 1.51. The third-order valence-corrected chi connectivity index (χ3v) is 3.32. The molecule has 7 nitrogen and oxygen atoms in total. The Kier molecular flexibility index (Phi) is 4.42. The highest BCUT2D eigenvalue weighted by molar-refractivity contribution is 5.94. The van der Waals surface area contributed by atoms with Gasteiger partial charge in [-0.1, -0.05) is 12.1 Å². The summed E-state index contributed by atoms with van der Waals surface area (Å²) in [5.74, 6) is 1.65. The number of hydrazone groups is 1. The van der Waals surface area contributed by atoms with E-state index in [1.54, 1.807) is 13.2 Å². The van der Waals surface area contributed by atoms with Gasteiger partial charge in [0.1, 0.15) is 17.2 Å². The summed E-state index contributed by atoms with van der Waals surface area (Å²) in [5, 5.41) is 10.7. The van der Waals surface area contributed by atoms with E-state index in [2.05, 4.69) is 20.7 Å². The van der Waals surface area contributed by atoms with E-state index in [4.69, 9.17) is 9.15 Å². The minimum absolute atomic E-state index is 0.219. The van der Waals surface area contributed by atoms with Crippen molar-refractivity contribution in [1.82, 2.24) is 15.6 Å². The lowest BCUT2D eigenvalue weighted by molar-refractivity contribution is 0.0950. The number of nitrogens with one attached hydrogen (secondary N) is 2. The second-order valence-electron chi connectivity index (χ2n) is 5.02. The van der Waals surface area contributed by atoms with Crippen LogP contribution in [0.25, 0.3) is 11.5 Å². The molecule has 0 bridgehead atoms. The van der Waals surface area contributed by atoms with E-state index in [9.17, 15) is 4.79 Å². The molecule has 0 aliphatic heterocycles. The number of para-hydroxylation sites is 1. The van der Waals surface area contributed by atoms with E-state index in [0.29, 0.717) is 17.2 Å². The maximum atomic E-state index is 12.1. The second kappa shape index (κ2) is 6.82. The Balaban J connectivity index is 1.67. The quantitative estimate of drug-likeness (QED) is 0.557. The van der Waals surface area contributed by atoms with Crippen LogP contribution in [0.1, 0.15) is 21.8 Å². The fourth-order valence-electron chi connectivity index (χ4n) is 2.13. The van der Waals surface area contributed by atoms with E-state index in [1.807, 2.05) is 43.3 Å². The number of ether oxygens (including phenoxy) is 1. The monoisotopic (exact) mass is 324 g/mol. The minimum atomic E-state index is -0.424. The molecule has 1 amide bonds. The summed E-state index contributed by atoms with van der Waals surface area (Å²) in [4.78, 5) is 12.1. The third-order valence-electron chi connectivity index (χ3n) is 3.32. The molecule has 0 fully saturated rings. The summed E-state index contributed by atoms with van der Waals surface area (Å²) >= 11 is 0. The zero-order chi connectivity index (χ0) is 16.9. The standard InChI is InChI=1S/C17H16N4O3/c1-11-7-8-16(24-11)13-9-14(20-19-13)17(22)21-18-10-12-5-3-4-6-15(12)23-2/h3-10H,1-2H3,(H,19,20)(H,21,22)/b18-10+. The summed E-state index contributed by atoms with van der Waals surface area (Å²) in [6, 6.07) is 12.6. The highest BCUT2D eigenvalue weighted by atomic mass is 16.5. The molecule has 2 N–H and O–H groups in total. The van der Waals surface area contributed by atoms with Crippen molar-refractivity contribution in [3.63, 3.8) is 0 Å². The van der Waals surface area contributed by atoms with Crippen molar-refractivity contribution >= 4 is 12.1 Å². The lowest BCUT2D eigenvalue weighted by Crippen LogP contribution is -2.18. The maximum absolute atomic E-state index is 12.1.